The first-order valence-electron chi connectivity index (χ1n) is 24.3. The Morgan fingerprint density at radius 1 is 0.254 bits per heavy atom. The van der Waals surface area contributed by atoms with Crippen LogP contribution in [-0.4, -0.2) is 24.1 Å². The summed E-state index contributed by atoms with van der Waals surface area (Å²) in [5, 5.41) is 4.80. The van der Waals surface area contributed by atoms with Gasteiger partial charge in [-0.3, -0.25) is 0 Å². The van der Waals surface area contributed by atoms with Crippen molar-refractivity contribution in [3.05, 3.63) is 247 Å². The van der Waals surface area contributed by atoms with Gasteiger partial charge in [-0.15, -0.1) is 0 Å². The van der Waals surface area contributed by atoms with Crippen LogP contribution in [0.15, 0.2) is 231 Å². The molecule has 5 nitrogen and oxygen atoms in total. The van der Waals surface area contributed by atoms with E-state index in [4.69, 9.17) is 15.0 Å². The molecule has 71 heavy (non-hydrogen) atoms. The second-order valence-corrected chi connectivity index (χ2v) is 18.7. The molecule has 0 aliphatic carbocycles. The minimum atomic E-state index is 0.602. The normalized spacial score (nSPS) is 11.6. The van der Waals surface area contributed by atoms with Crippen molar-refractivity contribution in [2.75, 3.05) is 0 Å². The van der Waals surface area contributed by atoms with E-state index in [9.17, 15) is 0 Å². The SMILES string of the molecule is Cc1ccc(-c2ccc3c(c2)c2ccccc2n3-c2ccc(C)cc2-c2cc(-c3nc(-c4ccccc4)nc(-c4ccccc4)n3)ccc2-n2c3ccccc3c3cc(-c4ccc(C)cc4)ccc32)cc1. The standard InChI is InChI=1S/C66H47N5/c1-42-22-27-45(28-23-42)49-31-35-61-55(39-49)52-18-10-12-20-58(52)70(61)60-34-26-44(3)38-54(60)57-41-51(66-68-64(47-14-6-4-7-15-47)67-65(69-66)48-16-8-5-9-17-48)33-37-63(57)71-59-21-13-11-19-53(59)56-40-50(32-36-62(56)71)46-29-24-43(2)25-30-46/h4-41H,1-3H3. The fraction of sp³-hybridized carbons (Fsp3) is 0.0455. The zero-order chi connectivity index (χ0) is 47.6. The van der Waals surface area contributed by atoms with Crippen molar-refractivity contribution >= 4 is 43.6 Å². The number of benzene rings is 10. The van der Waals surface area contributed by atoms with Gasteiger partial charge in [0.25, 0.3) is 0 Å². The van der Waals surface area contributed by atoms with Crippen molar-refractivity contribution in [2.24, 2.45) is 0 Å². The van der Waals surface area contributed by atoms with E-state index in [1.54, 1.807) is 0 Å². The molecule has 0 N–H and O–H groups in total. The van der Waals surface area contributed by atoms with E-state index in [0.717, 1.165) is 66.8 Å². The number of hydrogen-bond acceptors (Lipinski definition) is 3. The first kappa shape index (κ1) is 42.0. The van der Waals surface area contributed by atoms with Gasteiger partial charge in [-0.1, -0.05) is 180 Å². The Bertz CT molecular complexity index is 4110. The molecule has 13 aromatic rings. The van der Waals surface area contributed by atoms with Crippen molar-refractivity contribution in [3.8, 4) is 78.9 Å². The Labute approximate surface area is 412 Å². The molecule has 3 aromatic heterocycles. The monoisotopic (exact) mass is 909 g/mol. The van der Waals surface area contributed by atoms with Crippen molar-refractivity contribution in [1.82, 2.24) is 24.1 Å². The molecule has 5 heteroatoms. The molecule has 0 saturated heterocycles. The Morgan fingerprint density at radius 2 is 0.620 bits per heavy atom. The Kier molecular flexibility index (Phi) is 10.1. The molecule has 0 saturated carbocycles. The average Bonchev–Trinajstić information content (AvgIpc) is 3.93. The lowest BCUT2D eigenvalue weighted by Gasteiger charge is -2.20. The zero-order valence-electron chi connectivity index (χ0n) is 39.7. The third-order valence-corrected chi connectivity index (χ3v) is 14.0. The Hall–Kier alpha value is -9.19. The van der Waals surface area contributed by atoms with E-state index in [2.05, 4.69) is 224 Å². The van der Waals surface area contributed by atoms with Gasteiger partial charge in [-0.2, -0.15) is 0 Å². The predicted octanol–water partition coefficient (Wildman–Crippen LogP) is 17.0. The topological polar surface area (TPSA) is 48.5 Å². The van der Waals surface area contributed by atoms with E-state index in [1.165, 1.54) is 54.9 Å². The van der Waals surface area contributed by atoms with Crippen molar-refractivity contribution in [2.45, 2.75) is 20.8 Å². The highest BCUT2D eigenvalue weighted by molar-refractivity contribution is 6.13. The van der Waals surface area contributed by atoms with Crippen LogP contribution in [0.4, 0.5) is 0 Å². The van der Waals surface area contributed by atoms with Crippen LogP contribution >= 0.6 is 0 Å². The minimum absolute atomic E-state index is 0.602. The van der Waals surface area contributed by atoms with Gasteiger partial charge < -0.3 is 9.13 Å². The van der Waals surface area contributed by atoms with Gasteiger partial charge in [-0.05, 0) is 110 Å². The molecule has 0 atom stereocenters. The molecule has 0 radical (unpaired) electrons. The van der Waals surface area contributed by atoms with Crippen LogP contribution in [0, 0.1) is 20.8 Å². The minimum Gasteiger partial charge on any atom is -0.309 e. The maximum absolute atomic E-state index is 5.25. The molecule has 10 aromatic carbocycles. The molecule has 0 bridgehead atoms. The van der Waals surface area contributed by atoms with Gasteiger partial charge in [0.05, 0.1) is 33.4 Å². The Morgan fingerprint density at radius 3 is 1.11 bits per heavy atom. The number of aryl methyl sites for hydroxylation is 3. The summed E-state index contributed by atoms with van der Waals surface area (Å²) in [5.41, 5.74) is 20.0. The second-order valence-electron chi connectivity index (χ2n) is 18.7. The summed E-state index contributed by atoms with van der Waals surface area (Å²) >= 11 is 0. The number of rotatable bonds is 8. The summed E-state index contributed by atoms with van der Waals surface area (Å²) in [5.74, 6) is 1.85. The van der Waals surface area contributed by atoms with E-state index >= 15 is 0 Å². The average molecular weight is 910 g/mol. The van der Waals surface area contributed by atoms with Crippen LogP contribution in [-0.2, 0) is 0 Å². The molecule has 0 fully saturated rings. The second kappa shape index (κ2) is 17.1. The van der Waals surface area contributed by atoms with Crippen molar-refractivity contribution < 1.29 is 0 Å². The first-order chi connectivity index (χ1) is 34.9. The summed E-state index contributed by atoms with van der Waals surface area (Å²) in [7, 11) is 0. The van der Waals surface area contributed by atoms with Crippen LogP contribution in [0.3, 0.4) is 0 Å². The lowest BCUT2D eigenvalue weighted by atomic mass is 9.96. The van der Waals surface area contributed by atoms with E-state index in [1.807, 2.05) is 36.4 Å². The quantitative estimate of drug-likeness (QED) is 0.153. The molecular weight excluding hydrogens is 863 g/mol. The van der Waals surface area contributed by atoms with Gasteiger partial charge in [-0.25, -0.2) is 15.0 Å². The van der Waals surface area contributed by atoms with Gasteiger partial charge >= 0.3 is 0 Å². The summed E-state index contributed by atoms with van der Waals surface area (Å²) in [6.07, 6.45) is 0. The summed E-state index contributed by atoms with van der Waals surface area (Å²) < 4.78 is 4.91. The van der Waals surface area contributed by atoms with Crippen LogP contribution < -0.4 is 0 Å². The van der Waals surface area contributed by atoms with E-state index in [0.29, 0.717) is 17.5 Å². The molecule has 13 rings (SSSR count). The highest BCUT2D eigenvalue weighted by Crippen LogP contribution is 2.44. The molecular formula is C66H47N5. The maximum atomic E-state index is 5.25. The molecule has 0 amide bonds. The van der Waals surface area contributed by atoms with Gasteiger partial charge in [0.2, 0.25) is 0 Å². The van der Waals surface area contributed by atoms with Crippen LogP contribution in [0.2, 0.25) is 0 Å². The van der Waals surface area contributed by atoms with Gasteiger partial charge in [0.1, 0.15) is 0 Å². The molecule has 336 valence electrons. The van der Waals surface area contributed by atoms with E-state index in [-0.39, 0.29) is 0 Å². The maximum Gasteiger partial charge on any atom is 0.164 e. The fourth-order valence-electron chi connectivity index (χ4n) is 10.4. The largest absolute Gasteiger partial charge is 0.309 e. The number of nitrogens with zero attached hydrogens (tertiary/aromatic N) is 5. The Balaban J connectivity index is 1.09. The smallest absolute Gasteiger partial charge is 0.164 e. The number of aromatic nitrogens is 5. The van der Waals surface area contributed by atoms with E-state index < -0.39 is 0 Å². The molecule has 0 spiro atoms. The van der Waals surface area contributed by atoms with Crippen LogP contribution in [0.1, 0.15) is 16.7 Å². The molecule has 0 unspecified atom stereocenters. The number of fused-ring (bicyclic) bond motifs is 6. The third kappa shape index (κ3) is 7.38. The van der Waals surface area contributed by atoms with Gasteiger partial charge in [0, 0.05) is 49.4 Å². The number of hydrogen-bond donors (Lipinski definition) is 0. The fourth-order valence-corrected chi connectivity index (χ4v) is 10.4. The third-order valence-electron chi connectivity index (χ3n) is 14.0. The van der Waals surface area contributed by atoms with Crippen LogP contribution in [0.25, 0.3) is 123 Å². The highest BCUT2D eigenvalue weighted by Gasteiger charge is 2.23. The molecule has 0 aliphatic rings. The highest BCUT2D eigenvalue weighted by atomic mass is 15.0. The zero-order valence-corrected chi connectivity index (χ0v) is 39.7. The first-order valence-corrected chi connectivity index (χ1v) is 24.3. The lowest BCUT2D eigenvalue weighted by Crippen LogP contribution is -2.04. The van der Waals surface area contributed by atoms with Crippen LogP contribution in [0.5, 0.6) is 0 Å². The number of para-hydroxylation sites is 2. The predicted molar refractivity (Wildman–Crippen MR) is 295 cm³/mol. The summed E-state index contributed by atoms with van der Waals surface area (Å²) in [6.45, 7) is 6.46. The van der Waals surface area contributed by atoms with Crippen molar-refractivity contribution in [1.29, 1.82) is 0 Å². The lowest BCUT2D eigenvalue weighted by molar-refractivity contribution is 1.07. The summed E-state index contributed by atoms with van der Waals surface area (Å²) in [6, 6.07) is 83.1. The van der Waals surface area contributed by atoms with Crippen molar-refractivity contribution in [3.63, 3.8) is 0 Å². The summed E-state index contributed by atoms with van der Waals surface area (Å²) in [4.78, 5) is 15.5. The van der Waals surface area contributed by atoms with Gasteiger partial charge in [0.15, 0.2) is 17.5 Å². The molecule has 0 aliphatic heterocycles. The molecule has 3 heterocycles.